The van der Waals surface area contributed by atoms with Crippen LogP contribution in [0.1, 0.15) is 201 Å². The van der Waals surface area contributed by atoms with Gasteiger partial charge in [0.05, 0.1) is 25.2 Å². The van der Waals surface area contributed by atoms with Crippen LogP contribution in [0.25, 0.3) is 0 Å². The number of amides is 1. The normalized spacial score (nSPS) is 14.2. The molecule has 0 aliphatic heterocycles. The van der Waals surface area contributed by atoms with E-state index >= 15 is 0 Å². The predicted octanol–water partition coefficient (Wildman–Crippen LogP) is 14.2. The molecule has 0 radical (unpaired) electrons. The average Bonchev–Trinajstić information content (AvgIpc) is 3.23. The van der Waals surface area contributed by atoms with Crippen molar-refractivity contribution in [2.75, 3.05) is 6.61 Å². The first-order valence-corrected chi connectivity index (χ1v) is 24.0. The van der Waals surface area contributed by atoms with Gasteiger partial charge < -0.3 is 20.3 Å². The van der Waals surface area contributed by atoms with E-state index in [1.807, 2.05) is 18.2 Å². The number of hydrogen-bond acceptors (Lipinski definition) is 5. The molecule has 1 amide bonds. The van der Waals surface area contributed by atoms with Gasteiger partial charge in [-0.15, -0.1) is 0 Å². The molecule has 0 aliphatic rings. The maximum Gasteiger partial charge on any atom is 0.306 e. The summed E-state index contributed by atoms with van der Waals surface area (Å²) in [5, 5.41) is 23.7. The number of rotatable bonds is 41. The van der Waals surface area contributed by atoms with Crippen molar-refractivity contribution in [2.24, 2.45) is 0 Å². The summed E-state index contributed by atoms with van der Waals surface area (Å²) in [4.78, 5) is 26.0. The van der Waals surface area contributed by atoms with Gasteiger partial charge in [-0.3, -0.25) is 9.59 Å². The van der Waals surface area contributed by atoms with Crippen LogP contribution in [0.3, 0.4) is 0 Å². The van der Waals surface area contributed by atoms with Crippen molar-refractivity contribution in [2.45, 2.75) is 219 Å². The molecule has 0 rings (SSSR count). The second-order valence-corrected chi connectivity index (χ2v) is 15.8. The largest absolute Gasteiger partial charge is 0.462 e. The third-order valence-electron chi connectivity index (χ3n) is 10.2. The molecule has 3 unspecified atom stereocenters. The summed E-state index contributed by atoms with van der Waals surface area (Å²) < 4.78 is 5.85. The smallest absolute Gasteiger partial charge is 0.306 e. The molecule has 0 spiro atoms. The van der Waals surface area contributed by atoms with Gasteiger partial charge >= 0.3 is 5.97 Å². The van der Waals surface area contributed by atoms with Gasteiger partial charge in [-0.2, -0.15) is 0 Å². The Morgan fingerprint density at radius 2 is 1.00 bits per heavy atom. The first-order chi connectivity index (χ1) is 29.0. The van der Waals surface area contributed by atoms with Crippen LogP contribution in [0.15, 0.2) is 97.2 Å². The minimum atomic E-state index is -0.813. The van der Waals surface area contributed by atoms with Gasteiger partial charge in [-0.05, 0) is 77.0 Å². The minimum Gasteiger partial charge on any atom is -0.462 e. The van der Waals surface area contributed by atoms with Gasteiger partial charge in [-0.1, -0.05) is 208 Å². The van der Waals surface area contributed by atoms with Crippen LogP contribution in [0, 0.1) is 0 Å². The highest BCUT2D eigenvalue weighted by molar-refractivity contribution is 5.77. The molecule has 0 fully saturated rings. The molecule has 0 aromatic rings. The van der Waals surface area contributed by atoms with E-state index < -0.39 is 18.2 Å². The predicted molar refractivity (Wildman–Crippen MR) is 254 cm³/mol. The number of allylic oxidation sites excluding steroid dienone is 16. The van der Waals surface area contributed by atoms with Crippen LogP contribution in [-0.4, -0.2) is 46.9 Å². The van der Waals surface area contributed by atoms with Crippen LogP contribution < -0.4 is 5.32 Å². The third kappa shape index (κ3) is 41.3. The van der Waals surface area contributed by atoms with Gasteiger partial charge in [0.15, 0.2) is 0 Å². The number of carbonyl (C=O) groups excluding carboxylic acids is 2. The Hall–Kier alpha value is -3.22. The first-order valence-electron chi connectivity index (χ1n) is 24.0. The van der Waals surface area contributed by atoms with E-state index in [0.717, 1.165) is 83.5 Å². The number of ether oxygens (including phenoxy) is 1. The number of unbranched alkanes of at least 4 members (excludes halogenated alkanes) is 15. The topological polar surface area (TPSA) is 95.9 Å². The summed E-state index contributed by atoms with van der Waals surface area (Å²) in [5.74, 6) is -0.618. The van der Waals surface area contributed by atoms with Crippen LogP contribution in [0.5, 0.6) is 0 Å². The van der Waals surface area contributed by atoms with Gasteiger partial charge in [0.2, 0.25) is 5.91 Å². The summed E-state index contributed by atoms with van der Waals surface area (Å²) in [6.45, 7) is 6.19. The highest BCUT2D eigenvalue weighted by Crippen LogP contribution is 2.16. The summed E-state index contributed by atoms with van der Waals surface area (Å²) in [6, 6.07) is -0.732. The van der Waals surface area contributed by atoms with E-state index in [4.69, 9.17) is 4.74 Å². The fourth-order valence-electron chi connectivity index (χ4n) is 6.65. The minimum absolute atomic E-state index is 0.0192. The van der Waals surface area contributed by atoms with E-state index in [0.29, 0.717) is 19.3 Å². The van der Waals surface area contributed by atoms with Crippen molar-refractivity contribution in [3.8, 4) is 0 Å². The Morgan fingerprint density at radius 1 is 0.525 bits per heavy atom. The molecule has 59 heavy (non-hydrogen) atoms. The fraction of sp³-hybridized carbons (Fsp3) is 0.660. The number of esters is 1. The second kappa shape index (κ2) is 45.9. The number of hydrogen-bond donors (Lipinski definition) is 3. The molecule has 0 saturated heterocycles. The number of nitrogens with one attached hydrogen (secondary N) is 1. The van der Waals surface area contributed by atoms with Crippen molar-refractivity contribution in [3.05, 3.63) is 97.2 Å². The number of aliphatic hydroxyl groups is 2. The SMILES string of the molecule is CC/C=C/C=C/C=C\CCCCCC(CC(=O)NC(CO)C(O)CCCCCCCCCCCCCCC)OC(=O)CC/C=C/C/C=C/C/C=C/C/C=C/C/C=C/CC. The van der Waals surface area contributed by atoms with Crippen molar-refractivity contribution in [3.63, 3.8) is 0 Å². The van der Waals surface area contributed by atoms with Gasteiger partial charge in [0.1, 0.15) is 6.10 Å². The molecule has 0 aromatic heterocycles. The zero-order valence-electron chi connectivity index (χ0n) is 38.1. The lowest BCUT2D eigenvalue weighted by Crippen LogP contribution is -2.46. The van der Waals surface area contributed by atoms with Gasteiger partial charge in [0.25, 0.3) is 0 Å². The molecule has 0 heterocycles. The molecule has 0 aromatic carbocycles. The summed E-state index contributed by atoms with van der Waals surface area (Å²) in [6.07, 6.45) is 60.5. The Morgan fingerprint density at radius 3 is 1.54 bits per heavy atom. The number of aliphatic hydroxyl groups excluding tert-OH is 2. The molecule has 6 nitrogen and oxygen atoms in total. The molecule has 3 N–H and O–H groups in total. The van der Waals surface area contributed by atoms with Crippen molar-refractivity contribution in [1.82, 2.24) is 5.32 Å². The van der Waals surface area contributed by atoms with E-state index in [1.165, 1.54) is 64.2 Å². The monoisotopic (exact) mass is 820 g/mol. The van der Waals surface area contributed by atoms with Crippen LogP contribution in [-0.2, 0) is 14.3 Å². The molecule has 6 heteroatoms. The number of carbonyl (C=O) groups is 2. The highest BCUT2D eigenvalue weighted by Gasteiger charge is 2.24. The van der Waals surface area contributed by atoms with Gasteiger partial charge in [-0.25, -0.2) is 0 Å². The fourth-order valence-corrected chi connectivity index (χ4v) is 6.65. The summed E-state index contributed by atoms with van der Waals surface area (Å²) in [7, 11) is 0. The first kappa shape index (κ1) is 55.8. The average molecular weight is 820 g/mol. The Labute approximate surface area is 363 Å². The van der Waals surface area contributed by atoms with Crippen LogP contribution in [0.2, 0.25) is 0 Å². The zero-order chi connectivity index (χ0) is 43.1. The molecule has 336 valence electrons. The molecular weight excluding hydrogens is 731 g/mol. The second-order valence-electron chi connectivity index (χ2n) is 15.8. The third-order valence-corrected chi connectivity index (χ3v) is 10.2. The van der Waals surface area contributed by atoms with Crippen molar-refractivity contribution in [1.29, 1.82) is 0 Å². The Bertz CT molecular complexity index is 1190. The Kier molecular flexibility index (Phi) is 43.4. The lowest BCUT2D eigenvalue weighted by atomic mass is 10.0. The van der Waals surface area contributed by atoms with E-state index in [2.05, 4.69) is 105 Å². The molecule has 0 bridgehead atoms. The maximum atomic E-state index is 13.1. The zero-order valence-corrected chi connectivity index (χ0v) is 38.1. The molecule has 0 aliphatic carbocycles. The quantitative estimate of drug-likeness (QED) is 0.0247. The highest BCUT2D eigenvalue weighted by atomic mass is 16.5. The summed E-state index contributed by atoms with van der Waals surface area (Å²) in [5.41, 5.74) is 0. The molecule has 0 saturated carbocycles. The van der Waals surface area contributed by atoms with E-state index in [9.17, 15) is 19.8 Å². The molecular formula is C53H89NO5. The lowest BCUT2D eigenvalue weighted by molar-refractivity contribution is -0.150. The Balaban J connectivity index is 4.72. The maximum absolute atomic E-state index is 13.1. The lowest BCUT2D eigenvalue weighted by Gasteiger charge is -2.24. The standard InChI is InChI=1S/C53H89NO5/c1-4-7-10-13-16-19-22-24-25-26-28-31-34-37-40-43-46-53(58)59-49(44-41-38-35-32-29-21-18-15-12-9-6-3)47-52(57)54-50(48-55)51(56)45-42-39-36-33-30-27-23-20-17-14-11-8-5-2/h7,9-10,12,15-16,18-19,21,24-25,28-29,31,37,40,49-51,55-56H,4-6,8,11,13-14,17,20,22-23,26-27,30,32-36,38-39,41-48H2,1-3H3,(H,54,57)/b10-7+,12-9+,18-15+,19-16+,25-24+,29-21-,31-28+,40-37+. The van der Waals surface area contributed by atoms with Crippen LogP contribution >= 0.6 is 0 Å². The van der Waals surface area contributed by atoms with Crippen molar-refractivity contribution >= 4 is 11.9 Å². The van der Waals surface area contributed by atoms with Gasteiger partial charge in [0, 0.05) is 6.42 Å². The summed E-state index contributed by atoms with van der Waals surface area (Å²) >= 11 is 0. The van der Waals surface area contributed by atoms with E-state index in [-0.39, 0.29) is 31.3 Å². The van der Waals surface area contributed by atoms with E-state index in [1.54, 1.807) is 0 Å². The van der Waals surface area contributed by atoms with Crippen LogP contribution in [0.4, 0.5) is 0 Å². The molecule has 3 atom stereocenters. The van der Waals surface area contributed by atoms with Crippen molar-refractivity contribution < 1.29 is 24.5 Å².